The summed E-state index contributed by atoms with van der Waals surface area (Å²) >= 11 is 0. The summed E-state index contributed by atoms with van der Waals surface area (Å²) in [5.74, 6) is 3.86. The van der Waals surface area contributed by atoms with Gasteiger partial charge in [0.1, 0.15) is 55.2 Å². The van der Waals surface area contributed by atoms with Gasteiger partial charge in [-0.25, -0.2) is 0 Å². The fourth-order valence-electron chi connectivity index (χ4n) is 4.59. The molecule has 4 bridgehead atoms. The quantitative estimate of drug-likeness (QED) is 0.413. The van der Waals surface area contributed by atoms with Gasteiger partial charge in [-0.15, -0.1) is 0 Å². The number of methoxy groups -OCH3 is 1. The van der Waals surface area contributed by atoms with Crippen LogP contribution in [0.2, 0.25) is 0 Å². The second-order valence-electron chi connectivity index (χ2n) is 10.8. The Bertz CT molecular complexity index is 1260. The Morgan fingerprint density at radius 2 is 0.857 bits per heavy atom. The standard InChI is InChI=1S/C37H51NO11/c1-39-33-4-2-31(3-5-33)29-38-30-32-28-36-10-11-37(32)49-27-23-45-19-15-41-13-17-43-21-25-47-35-8-6-34(7-9-35)46-24-20-42-16-12-40-14-18-44-22-26-48-36/h2-11,28,38H,12-27,29-30H2,1H3. The minimum absolute atomic E-state index is 0.409. The van der Waals surface area contributed by atoms with Gasteiger partial charge in [0.05, 0.1) is 86.4 Å². The summed E-state index contributed by atoms with van der Waals surface area (Å²) in [7, 11) is 1.66. The summed E-state index contributed by atoms with van der Waals surface area (Å²) in [5, 5.41) is 3.50. The van der Waals surface area contributed by atoms with Gasteiger partial charge in [-0.2, -0.15) is 0 Å². The Hall–Kier alpha value is -3.62. The van der Waals surface area contributed by atoms with Crippen LogP contribution in [-0.4, -0.2) is 113 Å². The van der Waals surface area contributed by atoms with Gasteiger partial charge in [0, 0.05) is 18.7 Å². The van der Waals surface area contributed by atoms with Crippen molar-refractivity contribution in [2.24, 2.45) is 0 Å². The van der Waals surface area contributed by atoms with Gasteiger partial charge < -0.3 is 57.4 Å². The lowest BCUT2D eigenvalue weighted by Gasteiger charge is -2.15. The van der Waals surface area contributed by atoms with Crippen molar-refractivity contribution in [2.75, 3.05) is 113 Å². The van der Waals surface area contributed by atoms with Crippen LogP contribution < -0.4 is 29.0 Å². The van der Waals surface area contributed by atoms with Crippen molar-refractivity contribution in [1.29, 1.82) is 0 Å². The first-order chi connectivity index (χ1) is 24.3. The molecule has 1 N–H and O–H groups in total. The van der Waals surface area contributed by atoms with E-state index in [2.05, 4.69) is 5.32 Å². The molecular weight excluding hydrogens is 634 g/mol. The van der Waals surface area contributed by atoms with Crippen LogP contribution in [0.15, 0.2) is 66.7 Å². The molecule has 49 heavy (non-hydrogen) atoms. The van der Waals surface area contributed by atoms with Crippen LogP contribution in [0, 0.1) is 0 Å². The lowest BCUT2D eigenvalue weighted by Crippen LogP contribution is -2.16. The Labute approximate surface area is 289 Å². The molecule has 7 rings (SSSR count). The molecule has 4 aliphatic heterocycles. The molecule has 0 saturated carbocycles. The molecule has 12 nitrogen and oxygen atoms in total. The summed E-state index contributed by atoms with van der Waals surface area (Å²) in [5.41, 5.74) is 2.14. The van der Waals surface area contributed by atoms with Crippen molar-refractivity contribution in [3.63, 3.8) is 0 Å². The van der Waals surface area contributed by atoms with E-state index in [1.54, 1.807) is 7.11 Å². The number of rotatable bonds is 5. The molecule has 0 saturated heterocycles. The number of ether oxygens (including phenoxy) is 11. The number of hydrogen-bond donors (Lipinski definition) is 1. The minimum atomic E-state index is 0.409. The summed E-state index contributed by atoms with van der Waals surface area (Å²) in [6.45, 7) is 8.66. The van der Waals surface area contributed by atoms with Crippen molar-refractivity contribution < 1.29 is 52.1 Å². The zero-order valence-electron chi connectivity index (χ0n) is 28.6. The van der Waals surface area contributed by atoms with Crippen molar-refractivity contribution >= 4 is 0 Å². The first-order valence-corrected chi connectivity index (χ1v) is 16.8. The Morgan fingerprint density at radius 1 is 0.449 bits per heavy atom. The average Bonchev–Trinajstić information content (AvgIpc) is 3.13. The van der Waals surface area contributed by atoms with Crippen molar-refractivity contribution in [3.8, 4) is 28.7 Å². The molecule has 270 valence electrons. The first kappa shape index (κ1) is 38.2. The SMILES string of the molecule is COc1ccc(CNCc2cc3ccc2OCCOCCOCCOCCOc2ccc(cc2)OCCOCCOCCOCCO3)cc1. The average molecular weight is 686 g/mol. The molecule has 3 aromatic rings. The lowest BCUT2D eigenvalue weighted by molar-refractivity contribution is 0.00464. The van der Waals surface area contributed by atoms with E-state index in [1.165, 1.54) is 0 Å². The molecule has 3 aromatic carbocycles. The molecule has 0 fully saturated rings. The van der Waals surface area contributed by atoms with E-state index in [0.29, 0.717) is 119 Å². The van der Waals surface area contributed by atoms with Crippen LogP contribution in [0.25, 0.3) is 0 Å². The van der Waals surface area contributed by atoms with E-state index in [9.17, 15) is 0 Å². The Kier molecular flexibility index (Phi) is 19.1. The van der Waals surface area contributed by atoms with Crippen LogP contribution in [0.4, 0.5) is 0 Å². The van der Waals surface area contributed by atoms with E-state index in [1.807, 2.05) is 66.7 Å². The monoisotopic (exact) mass is 685 g/mol. The largest absolute Gasteiger partial charge is 0.497 e. The van der Waals surface area contributed by atoms with Crippen LogP contribution in [0.5, 0.6) is 28.7 Å². The highest BCUT2D eigenvalue weighted by atomic mass is 16.6. The number of hydrogen-bond acceptors (Lipinski definition) is 12. The van der Waals surface area contributed by atoms with E-state index in [0.717, 1.165) is 39.9 Å². The molecule has 0 aromatic heterocycles. The van der Waals surface area contributed by atoms with Crippen LogP contribution in [-0.2, 0) is 41.5 Å². The lowest BCUT2D eigenvalue weighted by atomic mass is 10.1. The maximum atomic E-state index is 6.09. The smallest absolute Gasteiger partial charge is 0.124 e. The molecule has 4 aliphatic rings. The topological polar surface area (TPSA) is 114 Å². The Balaban J connectivity index is 1.21. The summed E-state index contributed by atoms with van der Waals surface area (Å²) in [4.78, 5) is 0. The van der Waals surface area contributed by atoms with Crippen LogP contribution in [0.3, 0.4) is 0 Å². The van der Waals surface area contributed by atoms with Gasteiger partial charge in [-0.3, -0.25) is 0 Å². The fourth-order valence-corrected chi connectivity index (χ4v) is 4.59. The maximum absolute atomic E-state index is 6.09. The van der Waals surface area contributed by atoms with Gasteiger partial charge >= 0.3 is 0 Å². The van der Waals surface area contributed by atoms with Gasteiger partial charge in [-0.05, 0) is 60.2 Å². The predicted octanol–water partition coefficient (Wildman–Crippen LogP) is 4.31. The highest BCUT2D eigenvalue weighted by Gasteiger charge is 2.08. The van der Waals surface area contributed by atoms with E-state index < -0.39 is 0 Å². The normalized spacial score (nSPS) is 17.4. The number of benzene rings is 3. The zero-order valence-corrected chi connectivity index (χ0v) is 28.6. The van der Waals surface area contributed by atoms with Gasteiger partial charge in [-0.1, -0.05) is 12.1 Å². The maximum Gasteiger partial charge on any atom is 0.124 e. The van der Waals surface area contributed by atoms with Crippen LogP contribution >= 0.6 is 0 Å². The van der Waals surface area contributed by atoms with Crippen molar-refractivity contribution in [3.05, 3.63) is 77.9 Å². The van der Waals surface area contributed by atoms with Crippen molar-refractivity contribution in [2.45, 2.75) is 13.1 Å². The second kappa shape index (κ2) is 24.5. The summed E-state index contributed by atoms with van der Waals surface area (Å²) in [6, 6.07) is 21.3. The van der Waals surface area contributed by atoms with Crippen molar-refractivity contribution in [1.82, 2.24) is 5.32 Å². The molecule has 0 spiro atoms. The highest BCUT2D eigenvalue weighted by molar-refractivity contribution is 5.40. The highest BCUT2D eigenvalue weighted by Crippen LogP contribution is 2.25. The molecule has 0 aliphatic carbocycles. The predicted molar refractivity (Wildman–Crippen MR) is 183 cm³/mol. The molecule has 0 unspecified atom stereocenters. The fraction of sp³-hybridized carbons (Fsp3) is 0.514. The van der Waals surface area contributed by atoms with Gasteiger partial charge in [0.25, 0.3) is 0 Å². The van der Waals surface area contributed by atoms with Gasteiger partial charge in [0.15, 0.2) is 0 Å². The second-order valence-corrected chi connectivity index (χ2v) is 10.8. The molecule has 0 atom stereocenters. The third-order valence-electron chi connectivity index (χ3n) is 7.12. The summed E-state index contributed by atoms with van der Waals surface area (Å²) in [6.07, 6.45) is 0. The van der Waals surface area contributed by atoms with E-state index in [4.69, 9.17) is 52.1 Å². The minimum Gasteiger partial charge on any atom is -0.497 e. The third-order valence-corrected chi connectivity index (χ3v) is 7.12. The first-order valence-electron chi connectivity index (χ1n) is 16.8. The summed E-state index contributed by atoms with van der Waals surface area (Å²) < 4.78 is 62.5. The Morgan fingerprint density at radius 3 is 1.33 bits per heavy atom. The van der Waals surface area contributed by atoms with E-state index in [-0.39, 0.29) is 0 Å². The zero-order chi connectivity index (χ0) is 34.0. The van der Waals surface area contributed by atoms with Gasteiger partial charge in [0.2, 0.25) is 0 Å². The van der Waals surface area contributed by atoms with Crippen LogP contribution in [0.1, 0.15) is 11.1 Å². The third kappa shape index (κ3) is 16.6. The molecule has 0 radical (unpaired) electrons. The van der Waals surface area contributed by atoms with E-state index >= 15 is 0 Å². The molecule has 0 amide bonds. The molecule has 4 heterocycles. The number of nitrogens with one attached hydrogen (secondary N) is 1. The molecular formula is C37H51NO11. The molecule has 12 heteroatoms.